The van der Waals surface area contributed by atoms with Crippen LogP contribution >= 0.6 is 0 Å². The van der Waals surface area contributed by atoms with Crippen molar-refractivity contribution in [3.05, 3.63) is 70.8 Å². The van der Waals surface area contributed by atoms with Gasteiger partial charge in [-0.05, 0) is 32.0 Å². The van der Waals surface area contributed by atoms with Gasteiger partial charge in [0.05, 0.1) is 0 Å². The molecule has 0 amide bonds. The van der Waals surface area contributed by atoms with E-state index >= 15 is 0 Å². The Morgan fingerprint density at radius 2 is 1.22 bits per heavy atom. The summed E-state index contributed by atoms with van der Waals surface area (Å²) in [6, 6.07) is 17.4. The molecule has 0 aromatic heterocycles. The van der Waals surface area contributed by atoms with Crippen LogP contribution in [0, 0.1) is 13.8 Å². The van der Waals surface area contributed by atoms with Crippen LogP contribution in [0.5, 0.6) is 0 Å². The van der Waals surface area contributed by atoms with E-state index in [-0.39, 0.29) is 0 Å². The Balaban J connectivity index is 1.98. The second-order valence-electron chi connectivity index (χ2n) is 5.15. The van der Waals surface area contributed by atoms with E-state index in [1.54, 1.807) is 0 Å². The molecule has 0 fully saturated rings. The van der Waals surface area contributed by atoms with E-state index in [0.29, 0.717) is 0 Å². The van der Waals surface area contributed by atoms with E-state index in [4.69, 9.17) is 0 Å². The molecule has 1 heteroatoms. The van der Waals surface area contributed by atoms with Gasteiger partial charge in [-0.1, -0.05) is 59.7 Å². The van der Waals surface area contributed by atoms with Crippen molar-refractivity contribution in [1.29, 1.82) is 0 Å². The lowest BCUT2D eigenvalue weighted by molar-refractivity contribution is 0.319. The number of aryl methyl sites for hydroxylation is 2. The first-order valence-electron chi connectivity index (χ1n) is 6.43. The molecule has 0 radical (unpaired) electrons. The smallest absolute Gasteiger partial charge is 0.0234 e. The van der Waals surface area contributed by atoms with E-state index in [2.05, 4.69) is 74.3 Å². The SMILES string of the molecule is Cc1cccc(CN(C)Cc2cccc(C)c2)c1. The second kappa shape index (κ2) is 5.83. The zero-order chi connectivity index (χ0) is 13.0. The Labute approximate surface area is 110 Å². The summed E-state index contributed by atoms with van der Waals surface area (Å²) in [6.45, 7) is 6.28. The van der Waals surface area contributed by atoms with Gasteiger partial charge in [0.15, 0.2) is 0 Å². The zero-order valence-electron chi connectivity index (χ0n) is 11.5. The fourth-order valence-electron chi connectivity index (χ4n) is 2.30. The minimum Gasteiger partial charge on any atom is -0.298 e. The molecule has 0 atom stereocenters. The van der Waals surface area contributed by atoms with Crippen LogP contribution in [-0.4, -0.2) is 11.9 Å². The first-order chi connectivity index (χ1) is 8.63. The number of rotatable bonds is 4. The van der Waals surface area contributed by atoms with Gasteiger partial charge in [-0.15, -0.1) is 0 Å². The van der Waals surface area contributed by atoms with Gasteiger partial charge in [-0.3, -0.25) is 4.90 Å². The highest BCUT2D eigenvalue weighted by Crippen LogP contribution is 2.11. The van der Waals surface area contributed by atoms with Crippen LogP contribution in [-0.2, 0) is 13.1 Å². The molecule has 0 aliphatic heterocycles. The second-order valence-corrected chi connectivity index (χ2v) is 5.15. The largest absolute Gasteiger partial charge is 0.298 e. The van der Waals surface area contributed by atoms with Crippen LogP contribution in [0.15, 0.2) is 48.5 Å². The van der Waals surface area contributed by atoms with Gasteiger partial charge >= 0.3 is 0 Å². The van der Waals surface area contributed by atoms with Crippen molar-refractivity contribution in [3.63, 3.8) is 0 Å². The highest BCUT2D eigenvalue weighted by atomic mass is 15.1. The standard InChI is InChI=1S/C17H21N/c1-14-6-4-8-16(10-14)12-18(3)13-17-9-5-7-15(2)11-17/h4-11H,12-13H2,1-3H3. The van der Waals surface area contributed by atoms with Gasteiger partial charge < -0.3 is 0 Å². The maximum absolute atomic E-state index is 2.35. The summed E-state index contributed by atoms with van der Waals surface area (Å²) in [7, 11) is 2.17. The van der Waals surface area contributed by atoms with Gasteiger partial charge in [-0.2, -0.15) is 0 Å². The first kappa shape index (κ1) is 12.8. The fourth-order valence-corrected chi connectivity index (χ4v) is 2.30. The van der Waals surface area contributed by atoms with E-state index in [9.17, 15) is 0 Å². The van der Waals surface area contributed by atoms with Gasteiger partial charge in [-0.25, -0.2) is 0 Å². The van der Waals surface area contributed by atoms with Gasteiger partial charge in [0.2, 0.25) is 0 Å². The average molecular weight is 239 g/mol. The van der Waals surface area contributed by atoms with Gasteiger partial charge in [0, 0.05) is 13.1 Å². The van der Waals surface area contributed by atoms with E-state index < -0.39 is 0 Å². The van der Waals surface area contributed by atoms with Crippen LogP contribution in [0.4, 0.5) is 0 Å². The molecule has 0 N–H and O–H groups in total. The van der Waals surface area contributed by atoms with E-state index in [1.807, 2.05) is 0 Å². The molecule has 2 aromatic rings. The monoisotopic (exact) mass is 239 g/mol. The molecule has 0 bridgehead atoms. The van der Waals surface area contributed by atoms with Crippen LogP contribution in [0.3, 0.4) is 0 Å². The predicted octanol–water partition coefficient (Wildman–Crippen LogP) is 3.94. The van der Waals surface area contributed by atoms with Gasteiger partial charge in [0.1, 0.15) is 0 Å². The lowest BCUT2D eigenvalue weighted by Crippen LogP contribution is -2.17. The van der Waals surface area contributed by atoms with Crippen molar-refractivity contribution in [3.8, 4) is 0 Å². The molecule has 0 unspecified atom stereocenters. The molecule has 0 saturated carbocycles. The Morgan fingerprint density at radius 3 is 1.61 bits per heavy atom. The summed E-state index contributed by atoms with van der Waals surface area (Å²) < 4.78 is 0. The first-order valence-corrected chi connectivity index (χ1v) is 6.43. The Kier molecular flexibility index (Phi) is 4.16. The Bertz CT molecular complexity index is 469. The van der Waals surface area contributed by atoms with Gasteiger partial charge in [0.25, 0.3) is 0 Å². The number of nitrogens with zero attached hydrogens (tertiary/aromatic N) is 1. The highest BCUT2D eigenvalue weighted by Gasteiger charge is 2.02. The zero-order valence-corrected chi connectivity index (χ0v) is 11.5. The van der Waals surface area contributed by atoms with Crippen molar-refractivity contribution in [2.24, 2.45) is 0 Å². The van der Waals surface area contributed by atoms with Crippen molar-refractivity contribution in [2.75, 3.05) is 7.05 Å². The van der Waals surface area contributed by atoms with Crippen molar-refractivity contribution in [1.82, 2.24) is 4.90 Å². The number of hydrogen-bond donors (Lipinski definition) is 0. The minimum atomic E-state index is 0.996. The average Bonchev–Trinajstić information content (AvgIpc) is 2.28. The molecule has 2 aromatic carbocycles. The normalized spacial score (nSPS) is 10.9. The minimum absolute atomic E-state index is 0.996. The topological polar surface area (TPSA) is 3.24 Å². The third kappa shape index (κ3) is 3.71. The molecule has 94 valence electrons. The molecular weight excluding hydrogens is 218 g/mol. The third-order valence-electron chi connectivity index (χ3n) is 3.07. The quantitative estimate of drug-likeness (QED) is 0.781. The summed E-state index contributed by atoms with van der Waals surface area (Å²) in [4.78, 5) is 2.35. The molecule has 0 saturated heterocycles. The van der Waals surface area contributed by atoms with Crippen molar-refractivity contribution in [2.45, 2.75) is 26.9 Å². The maximum atomic E-state index is 2.35. The van der Waals surface area contributed by atoms with Crippen molar-refractivity contribution < 1.29 is 0 Å². The highest BCUT2D eigenvalue weighted by molar-refractivity contribution is 5.24. The summed E-state index contributed by atoms with van der Waals surface area (Å²) >= 11 is 0. The van der Waals surface area contributed by atoms with Crippen LogP contribution < -0.4 is 0 Å². The summed E-state index contributed by atoms with van der Waals surface area (Å²) in [5.41, 5.74) is 5.42. The predicted molar refractivity (Wildman–Crippen MR) is 77.5 cm³/mol. The number of hydrogen-bond acceptors (Lipinski definition) is 1. The Morgan fingerprint density at radius 1 is 0.778 bits per heavy atom. The van der Waals surface area contributed by atoms with Crippen LogP contribution in [0.1, 0.15) is 22.3 Å². The van der Waals surface area contributed by atoms with Crippen LogP contribution in [0.2, 0.25) is 0 Å². The maximum Gasteiger partial charge on any atom is 0.0234 e. The molecule has 0 spiro atoms. The Hall–Kier alpha value is -1.60. The van der Waals surface area contributed by atoms with Crippen LogP contribution in [0.25, 0.3) is 0 Å². The lowest BCUT2D eigenvalue weighted by Gasteiger charge is -2.17. The molecule has 2 rings (SSSR count). The van der Waals surface area contributed by atoms with E-state index in [0.717, 1.165) is 13.1 Å². The lowest BCUT2D eigenvalue weighted by atomic mass is 10.1. The third-order valence-corrected chi connectivity index (χ3v) is 3.07. The summed E-state index contributed by atoms with van der Waals surface area (Å²) in [6.07, 6.45) is 0. The molecule has 0 aliphatic rings. The molecule has 1 nitrogen and oxygen atoms in total. The molecule has 0 heterocycles. The van der Waals surface area contributed by atoms with E-state index in [1.165, 1.54) is 22.3 Å². The molecule has 0 aliphatic carbocycles. The summed E-state index contributed by atoms with van der Waals surface area (Å²) in [5, 5.41) is 0. The fraction of sp³-hybridized carbons (Fsp3) is 0.294. The molecular formula is C17H21N. The number of benzene rings is 2. The van der Waals surface area contributed by atoms with Crippen molar-refractivity contribution >= 4 is 0 Å². The molecule has 18 heavy (non-hydrogen) atoms. The summed E-state index contributed by atoms with van der Waals surface area (Å²) in [5.74, 6) is 0.